The lowest BCUT2D eigenvalue weighted by molar-refractivity contribution is -0.120. The number of hydrogen-bond donors (Lipinski definition) is 1. The zero-order valence-electron chi connectivity index (χ0n) is 15.8. The van der Waals surface area contributed by atoms with Gasteiger partial charge in [-0.1, -0.05) is 23.5 Å². The molecule has 29 heavy (non-hydrogen) atoms. The minimum Gasteiger partial charge on any atom is -0.302 e. The zero-order valence-corrected chi connectivity index (χ0v) is 19.1. The van der Waals surface area contributed by atoms with Gasteiger partial charge < -0.3 is 5.32 Å². The van der Waals surface area contributed by atoms with Gasteiger partial charge in [0.05, 0.1) is 15.5 Å². The topological polar surface area (TPSA) is 79.4 Å². The van der Waals surface area contributed by atoms with Crippen LogP contribution in [0.15, 0.2) is 35.0 Å². The van der Waals surface area contributed by atoms with Crippen LogP contribution < -0.4 is 5.32 Å². The number of nitrogens with zero attached hydrogens (tertiary/aromatic N) is 2. The second-order valence-corrected chi connectivity index (χ2v) is 11.9. The minimum absolute atomic E-state index is 0.0808. The van der Waals surface area contributed by atoms with Crippen LogP contribution in [0.1, 0.15) is 19.8 Å². The van der Waals surface area contributed by atoms with Gasteiger partial charge in [-0.15, -0.1) is 22.7 Å². The molecule has 1 fully saturated rings. The third-order valence-electron chi connectivity index (χ3n) is 4.94. The van der Waals surface area contributed by atoms with Gasteiger partial charge in [0.1, 0.15) is 5.69 Å². The van der Waals surface area contributed by atoms with E-state index in [0.29, 0.717) is 31.1 Å². The number of carbonyl (C=O) groups excluding carboxylic acids is 1. The Kier molecular flexibility index (Phi) is 6.16. The Morgan fingerprint density at radius 1 is 1.17 bits per heavy atom. The second-order valence-electron chi connectivity index (χ2n) is 6.71. The van der Waals surface area contributed by atoms with Gasteiger partial charge in [-0.05, 0) is 42.7 Å². The van der Waals surface area contributed by atoms with E-state index in [9.17, 15) is 13.2 Å². The van der Waals surface area contributed by atoms with Crippen molar-refractivity contribution in [3.8, 4) is 20.3 Å². The fraction of sp³-hybridized carbons (Fsp3) is 0.368. The van der Waals surface area contributed by atoms with Crippen LogP contribution in [-0.4, -0.2) is 42.5 Å². The molecule has 1 aliphatic rings. The van der Waals surface area contributed by atoms with E-state index < -0.39 is 10.0 Å². The smallest absolute Gasteiger partial charge is 0.229 e. The standard InChI is InChI=1S/C19H21N3O3S4/c1-2-29(24,25)22-9-7-13(8-10-22)18(23)21-19-20-16(14-5-3-11-26-14)17(28-19)15-6-4-12-27-15/h3-6,11-13H,2,7-10H2,1H3,(H,20,21,23). The predicted octanol–water partition coefficient (Wildman–Crippen LogP) is 4.60. The van der Waals surface area contributed by atoms with Gasteiger partial charge in [-0.25, -0.2) is 17.7 Å². The van der Waals surface area contributed by atoms with E-state index in [1.54, 1.807) is 29.6 Å². The number of amides is 1. The number of carbonyl (C=O) groups is 1. The molecule has 0 spiro atoms. The third-order valence-corrected chi connectivity index (χ3v) is 9.72. The molecule has 0 saturated carbocycles. The van der Waals surface area contributed by atoms with Gasteiger partial charge in [-0.2, -0.15) is 0 Å². The van der Waals surface area contributed by atoms with Crippen LogP contribution in [0.4, 0.5) is 5.13 Å². The Hall–Kier alpha value is -1.59. The molecule has 4 heterocycles. The van der Waals surface area contributed by atoms with Gasteiger partial charge >= 0.3 is 0 Å². The van der Waals surface area contributed by atoms with Crippen LogP contribution in [0.25, 0.3) is 20.3 Å². The summed E-state index contributed by atoms with van der Waals surface area (Å²) < 4.78 is 25.5. The van der Waals surface area contributed by atoms with Crippen molar-refractivity contribution < 1.29 is 13.2 Å². The lowest BCUT2D eigenvalue weighted by Gasteiger charge is -2.30. The maximum absolute atomic E-state index is 12.8. The summed E-state index contributed by atoms with van der Waals surface area (Å²) in [6.07, 6.45) is 1.07. The number of thiazole rings is 1. The first-order valence-electron chi connectivity index (χ1n) is 9.35. The van der Waals surface area contributed by atoms with Crippen LogP contribution >= 0.6 is 34.0 Å². The van der Waals surface area contributed by atoms with Gasteiger partial charge in [-0.3, -0.25) is 4.79 Å². The lowest BCUT2D eigenvalue weighted by atomic mass is 9.97. The molecule has 1 aliphatic heterocycles. The second kappa shape index (κ2) is 8.65. The molecule has 1 saturated heterocycles. The molecule has 0 atom stereocenters. The predicted molar refractivity (Wildman–Crippen MR) is 121 cm³/mol. The Bertz CT molecular complexity index is 1010. The molecule has 1 amide bonds. The van der Waals surface area contributed by atoms with Crippen molar-refractivity contribution in [3.05, 3.63) is 35.0 Å². The average molecular weight is 468 g/mol. The van der Waals surface area contributed by atoms with Gasteiger partial charge in [0.15, 0.2) is 5.13 Å². The minimum atomic E-state index is -3.19. The highest BCUT2D eigenvalue weighted by atomic mass is 32.2. The van der Waals surface area contributed by atoms with Crippen molar-refractivity contribution >= 4 is 55.1 Å². The van der Waals surface area contributed by atoms with E-state index in [0.717, 1.165) is 20.3 Å². The van der Waals surface area contributed by atoms with Gasteiger partial charge in [0, 0.05) is 23.9 Å². The first kappa shape index (κ1) is 20.7. The van der Waals surface area contributed by atoms with Crippen molar-refractivity contribution in [3.63, 3.8) is 0 Å². The molecule has 6 nitrogen and oxygen atoms in total. The molecule has 0 aromatic carbocycles. The number of nitrogens with one attached hydrogen (secondary N) is 1. The first-order chi connectivity index (χ1) is 14.0. The summed E-state index contributed by atoms with van der Waals surface area (Å²) in [5, 5.41) is 7.61. The van der Waals surface area contributed by atoms with Gasteiger partial charge in [0.2, 0.25) is 15.9 Å². The number of anilines is 1. The number of hydrogen-bond acceptors (Lipinski definition) is 7. The van der Waals surface area contributed by atoms with Crippen LogP contribution in [-0.2, 0) is 14.8 Å². The molecule has 4 rings (SSSR count). The van der Waals surface area contributed by atoms with Crippen LogP contribution in [0.3, 0.4) is 0 Å². The van der Waals surface area contributed by atoms with Crippen LogP contribution in [0.5, 0.6) is 0 Å². The highest BCUT2D eigenvalue weighted by molar-refractivity contribution is 7.89. The van der Waals surface area contributed by atoms with E-state index in [2.05, 4.69) is 11.4 Å². The number of aromatic nitrogens is 1. The SMILES string of the molecule is CCS(=O)(=O)N1CCC(C(=O)Nc2nc(-c3cccs3)c(-c3cccs3)s2)CC1. The normalized spacial score (nSPS) is 16.2. The summed E-state index contributed by atoms with van der Waals surface area (Å²) in [5.74, 6) is -0.180. The Morgan fingerprint density at radius 3 is 2.41 bits per heavy atom. The van der Waals surface area contributed by atoms with Gasteiger partial charge in [0.25, 0.3) is 0 Å². The van der Waals surface area contributed by atoms with E-state index >= 15 is 0 Å². The Balaban J connectivity index is 1.49. The highest BCUT2D eigenvalue weighted by Gasteiger charge is 2.30. The molecule has 1 N–H and O–H groups in total. The Morgan fingerprint density at radius 2 is 1.83 bits per heavy atom. The third kappa shape index (κ3) is 4.46. The van der Waals surface area contributed by atoms with Crippen molar-refractivity contribution in [2.24, 2.45) is 5.92 Å². The number of piperidine rings is 1. The fourth-order valence-electron chi connectivity index (χ4n) is 3.31. The van der Waals surface area contributed by atoms with Crippen LogP contribution in [0, 0.1) is 5.92 Å². The average Bonchev–Trinajstić information content (AvgIpc) is 3.48. The maximum Gasteiger partial charge on any atom is 0.229 e. The van der Waals surface area contributed by atoms with E-state index in [4.69, 9.17) is 4.98 Å². The van der Waals surface area contributed by atoms with Crippen molar-refractivity contribution in [1.82, 2.24) is 9.29 Å². The molecule has 0 radical (unpaired) electrons. The zero-order chi connectivity index (χ0) is 20.4. The molecule has 154 valence electrons. The van der Waals surface area contributed by atoms with E-state index in [-0.39, 0.29) is 17.6 Å². The number of sulfonamides is 1. The molecule has 3 aromatic rings. The molecule has 3 aromatic heterocycles. The van der Waals surface area contributed by atoms with Crippen molar-refractivity contribution in [2.75, 3.05) is 24.2 Å². The van der Waals surface area contributed by atoms with E-state index in [1.807, 2.05) is 29.0 Å². The largest absolute Gasteiger partial charge is 0.302 e. The number of rotatable bonds is 6. The van der Waals surface area contributed by atoms with Crippen molar-refractivity contribution in [1.29, 1.82) is 0 Å². The molecule has 0 bridgehead atoms. The number of thiophene rings is 2. The molecule has 0 unspecified atom stereocenters. The van der Waals surface area contributed by atoms with Crippen LogP contribution in [0.2, 0.25) is 0 Å². The molecular weight excluding hydrogens is 446 g/mol. The first-order valence-corrected chi connectivity index (χ1v) is 13.5. The quantitative estimate of drug-likeness (QED) is 0.575. The summed E-state index contributed by atoms with van der Waals surface area (Å²) in [4.78, 5) is 20.7. The maximum atomic E-state index is 12.8. The van der Waals surface area contributed by atoms with E-state index in [1.165, 1.54) is 15.6 Å². The fourth-order valence-corrected chi connectivity index (χ4v) is 7.07. The Labute approximate surface area is 182 Å². The summed E-state index contributed by atoms with van der Waals surface area (Å²) in [7, 11) is -3.19. The highest BCUT2D eigenvalue weighted by Crippen LogP contribution is 2.42. The molecule has 10 heteroatoms. The summed E-state index contributed by atoms with van der Waals surface area (Å²) in [6, 6.07) is 8.10. The van der Waals surface area contributed by atoms with Crippen molar-refractivity contribution in [2.45, 2.75) is 19.8 Å². The lowest BCUT2D eigenvalue weighted by Crippen LogP contribution is -2.42. The summed E-state index contributed by atoms with van der Waals surface area (Å²) >= 11 is 4.76. The summed E-state index contributed by atoms with van der Waals surface area (Å²) in [6.45, 7) is 2.44. The molecular formula is C19H21N3O3S4. The molecule has 0 aliphatic carbocycles. The monoisotopic (exact) mass is 467 g/mol. The summed E-state index contributed by atoms with van der Waals surface area (Å²) in [5.41, 5.74) is 0.895.